The van der Waals surface area contributed by atoms with Gasteiger partial charge in [-0.2, -0.15) is 34.2 Å². The van der Waals surface area contributed by atoms with E-state index in [9.17, 15) is 13.2 Å². The molecular weight excluding hydrogens is 593 g/mol. The van der Waals surface area contributed by atoms with Crippen LogP contribution in [0.25, 0.3) is 0 Å². The molecule has 1 atom stereocenters. The van der Waals surface area contributed by atoms with Crippen molar-refractivity contribution < 1.29 is 30.9 Å². The van der Waals surface area contributed by atoms with Gasteiger partial charge in [0.1, 0.15) is 5.75 Å². The third-order valence-corrected chi connectivity index (χ3v) is 8.43. The van der Waals surface area contributed by atoms with E-state index in [2.05, 4.69) is 68.4 Å². The van der Waals surface area contributed by atoms with Crippen molar-refractivity contribution in [3.8, 4) is 5.75 Å². The molecule has 2 aromatic carbocycles. The summed E-state index contributed by atoms with van der Waals surface area (Å²) in [5, 5.41) is 0. The Hall–Kier alpha value is -1.71. The predicted octanol–water partition coefficient (Wildman–Crippen LogP) is 11.1. The number of hydrogen-bond acceptors (Lipinski definition) is 4. The molecule has 0 heterocycles. The van der Waals surface area contributed by atoms with Crippen LogP contribution in [0.2, 0.25) is 0 Å². The number of benzene rings is 2. The van der Waals surface area contributed by atoms with Crippen LogP contribution in [0.4, 0.5) is 13.2 Å². The molecule has 0 fully saturated rings. The molecule has 0 radical (unpaired) electrons. The Morgan fingerprint density at radius 3 is 1.49 bits per heavy atom. The summed E-state index contributed by atoms with van der Waals surface area (Å²) in [5.74, 6) is 0.971. The monoisotopic (exact) mass is 646 g/mol. The number of unbranched alkanes of at least 4 members (excludes halogenated alkanes) is 15. The maximum atomic E-state index is 10.7. The molecule has 2 aromatic rings. The Kier molecular flexibility index (Phi) is 20.0. The van der Waals surface area contributed by atoms with Crippen LogP contribution in [0.1, 0.15) is 128 Å². The van der Waals surface area contributed by atoms with Crippen LogP contribution in [-0.4, -0.2) is 25.1 Å². The second-order valence-corrected chi connectivity index (χ2v) is 13.9. The molecule has 1 unspecified atom stereocenters. The fourth-order valence-corrected chi connectivity index (χ4v) is 5.18. The molecule has 43 heavy (non-hydrogen) atoms. The number of halogens is 3. The van der Waals surface area contributed by atoms with Crippen molar-refractivity contribution >= 4 is 22.7 Å². The van der Waals surface area contributed by atoms with Crippen molar-refractivity contribution in [1.82, 2.24) is 0 Å². The summed E-state index contributed by atoms with van der Waals surface area (Å²) in [6.07, 6.45) is 23.3. The topological polar surface area (TPSA) is 63.6 Å². The van der Waals surface area contributed by atoms with Gasteiger partial charge in [0.25, 0.3) is 0 Å². The first-order valence-electron chi connectivity index (χ1n) is 15.9. The van der Waals surface area contributed by atoms with Crippen molar-refractivity contribution in [3.63, 3.8) is 0 Å². The molecule has 1 N–H and O–H groups in total. The molecular formula is C34H53F3O4S2. The van der Waals surface area contributed by atoms with Crippen molar-refractivity contribution in [3.05, 3.63) is 65.7 Å². The van der Waals surface area contributed by atoms with Crippen LogP contribution in [0, 0.1) is 0 Å². The standard InChI is InChI=1S/C33H52OS.CHF3O3S/c1-3-4-5-6-7-8-9-10-11-12-13-14-15-16-17-21-28-34-32-26-24-31(25-27-32)33(2,35)29-30-22-19-18-20-23-30;2-1(3,4)8(5,6)7/h18-20,22-27,35H,3-17,21,28-29H2,1-2H3;(H,5,6,7). The molecule has 0 aliphatic carbocycles. The Morgan fingerprint density at radius 1 is 0.698 bits per heavy atom. The summed E-state index contributed by atoms with van der Waals surface area (Å²) >= 11 is 4.95. The first kappa shape index (κ1) is 39.3. The average Bonchev–Trinajstić information content (AvgIpc) is 2.94. The Bertz CT molecular complexity index is 1060. The minimum atomic E-state index is -5.84. The minimum absolute atomic E-state index is 0.187. The molecule has 2 rings (SSSR count). The maximum Gasteiger partial charge on any atom is 0.522 e. The lowest BCUT2D eigenvalue weighted by atomic mass is 9.92. The third-order valence-electron chi connectivity index (χ3n) is 7.43. The highest BCUT2D eigenvalue weighted by Gasteiger charge is 2.44. The van der Waals surface area contributed by atoms with E-state index in [-0.39, 0.29) is 4.75 Å². The van der Waals surface area contributed by atoms with Gasteiger partial charge in [0, 0.05) is 4.75 Å². The lowest BCUT2D eigenvalue weighted by Gasteiger charge is -2.24. The van der Waals surface area contributed by atoms with Crippen LogP contribution < -0.4 is 4.74 Å². The van der Waals surface area contributed by atoms with Crippen LogP contribution in [0.15, 0.2) is 54.6 Å². The van der Waals surface area contributed by atoms with Crippen LogP contribution in [0.3, 0.4) is 0 Å². The highest BCUT2D eigenvalue weighted by molar-refractivity contribution is 7.86. The van der Waals surface area contributed by atoms with E-state index in [0.717, 1.165) is 25.2 Å². The van der Waals surface area contributed by atoms with Crippen molar-refractivity contribution in [2.75, 3.05) is 6.61 Å². The highest BCUT2D eigenvalue weighted by atomic mass is 32.2. The van der Waals surface area contributed by atoms with E-state index in [0.29, 0.717) is 0 Å². The molecule has 0 saturated carbocycles. The number of alkyl halides is 3. The minimum Gasteiger partial charge on any atom is -0.494 e. The first-order chi connectivity index (χ1) is 20.4. The van der Waals surface area contributed by atoms with E-state index in [1.165, 1.54) is 107 Å². The van der Waals surface area contributed by atoms with Gasteiger partial charge < -0.3 is 4.74 Å². The number of hydrogen-bond donors (Lipinski definition) is 2. The zero-order chi connectivity index (χ0) is 32.0. The number of rotatable bonds is 21. The largest absolute Gasteiger partial charge is 0.522 e. The van der Waals surface area contributed by atoms with Gasteiger partial charge in [-0.15, -0.1) is 0 Å². The molecule has 0 spiro atoms. The lowest BCUT2D eigenvalue weighted by Crippen LogP contribution is -2.21. The molecule has 0 amide bonds. The molecule has 0 bridgehead atoms. The van der Waals surface area contributed by atoms with Gasteiger partial charge in [-0.05, 0) is 43.0 Å². The van der Waals surface area contributed by atoms with Crippen LogP contribution in [-0.2, 0) is 21.3 Å². The van der Waals surface area contributed by atoms with Gasteiger partial charge in [-0.1, -0.05) is 146 Å². The molecule has 0 aliphatic heterocycles. The van der Waals surface area contributed by atoms with Crippen molar-refractivity contribution in [2.45, 2.75) is 133 Å². The smallest absolute Gasteiger partial charge is 0.494 e. The van der Waals surface area contributed by atoms with E-state index in [1.807, 2.05) is 0 Å². The second-order valence-electron chi connectivity index (χ2n) is 11.5. The quantitative estimate of drug-likeness (QED) is 0.0613. The van der Waals surface area contributed by atoms with Gasteiger partial charge in [-0.25, -0.2) is 0 Å². The summed E-state index contributed by atoms with van der Waals surface area (Å²) < 4.78 is 63.3. The first-order valence-corrected chi connectivity index (χ1v) is 17.8. The Morgan fingerprint density at radius 2 is 1.09 bits per heavy atom. The zero-order valence-corrected chi connectivity index (χ0v) is 27.8. The zero-order valence-electron chi connectivity index (χ0n) is 26.1. The summed E-state index contributed by atoms with van der Waals surface area (Å²) in [7, 11) is -5.84. The lowest BCUT2D eigenvalue weighted by molar-refractivity contribution is -0.0510. The van der Waals surface area contributed by atoms with Gasteiger partial charge in [0.15, 0.2) is 0 Å². The predicted molar refractivity (Wildman–Crippen MR) is 176 cm³/mol. The number of thiol groups is 1. The van der Waals surface area contributed by atoms with Crippen molar-refractivity contribution in [2.24, 2.45) is 0 Å². The molecule has 0 aromatic heterocycles. The molecule has 0 aliphatic rings. The fourth-order valence-electron chi connectivity index (χ4n) is 4.85. The van der Waals surface area contributed by atoms with Gasteiger partial charge >= 0.3 is 15.6 Å². The Labute approximate surface area is 264 Å². The fraction of sp³-hybridized carbons (Fsp3) is 0.647. The summed E-state index contributed by atoms with van der Waals surface area (Å²) in [6, 6.07) is 19.1. The Balaban J connectivity index is 0.00000101. The SMILES string of the molecule is CCCCCCCCCCCCCCCCCCOc1ccc(C(C)(S)Cc2ccccc2)cc1.O=S(=O)(O)C(F)(F)F. The molecule has 4 nitrogen and oxygen atoms in total. The summed E-state index contributed by atoms with van der Waals surface area (Å²) in [5.41, 5.74) is -2.99. The van der Waals surface area contributed by atoms with E-state index in [1.54, 1.807) is 0 Å². The molecule has 246 valence electrons. The van der Waals surface area contributed by atoms with Gasteiger partial charge in [0.05, 0.1) is 6.61 Å². The summed E-state index contributed by atoms with van der Waals surface area (Å²) in [4.78, 5) is 0. The van der Waals surface area contributed by atoms with Crippen LogP contribution >= 0.6 is 12.6 Å². The van der Waals surface area contributed by atoms with Crippen molar-refractivity contribution in [1.29, 1.82) is 0 Å². The summed E-state index contributed by atoms with van der Waals surface area (Å²) in [6.45, 7) is 5.30. The van der Waals surface area contributed by atoms with Crippen LogP contribution in [0.5, 0.6) is 5.75 Å². The third kappa shape index (κ3) is 19.3. The molecule has 0 saturated heterocycles. The van der Waals surface area contributed by atoms with Gasteiger partial charge in [-0.3, -0.25) is 4.55 Å². The van der Waals surface area contributed by atoms with Gasteiger partial charge in [0.2, 0.25) is 0 Å². The highest BCUT2D eigenvalue weighted by Crippen LogP contribution is 2.33. The van der Waals surface area contributed by atoms with E-state index < -0.39 is 15.6 Å². The average molecular weight is 647 g/mol. The van der Waals surface area contributed by atoms with E-state index >= 15 is 0 Å². The second kappa shape index (κ2) is 21.9. The maximum absolute atomic E-state index is 10.7. The number of ether oxygens (including phenoxy) is 1. The van der Waals surface area contributed by atoms with E-state index in [4.69, 9.17) is 30.3 Å². The normalized spacial score (nSPS) is 13.2. The molecule has 9 heteroatoms.